The number of amides is 1. The minimum Gasteiger partial charge on any atom is -0.513 e. The predicted octanol–water partition coefficient (Wildman–Crippen LogP) is 2.70. The molecule has 6 heterocycles. The number of pyridine rings is 2. The first-order valence-electron chi connectivity index (χ1n) is 19.2. The van der Waals surface area contributed by atoms with Gasteiger partial charge in [0.05, 0.1) is 56.7 Å². The van der Waals surface area contributed by atoms with Crippen LogP contribution in [-0.4, -0.2) is 122 Å². The first-order chi connectivity index (χ1) is 26.9. The van der Waals surface area contributed by atoms with Crippen LogP contribution in [-0.2, 0) is 10.1 Å². The van der Waals surface area contributed by atoms with Crippen molar-refractivity contribution in [3.05, 3.63) is 77.5 Å². The predicted molar refractivity (Wildman–Crippen MR) is 220 cm³/mol. The standard InChI is InChI=1S/C31H37B2N11O2.C4H9N.C4H6O/c1-18-27-21(20-9-10-37-29(28(20)41(18)3)40-24(22(34)17-45)13-26(35)36-2)14-38-44(27)19-15-43(16-19)31(32,33)25-8-6-7-23(39-25)30(46)42-11-4-5-12-42;1-5-4-2-3-4;5-3-4-1-2-4/h6-10,13-14,17-19,45H,4-5,11-12,15-16,34H2,1-3H3,(H2,35,36)(H,37,40);4-5H,2-3H2,1H3;3-4H,1-2H2/b22-17+,24-13+;;. The number of nitrogens with two attached hydrogens (primary N) is 2. The van der Waals surface area contributed by atoms with Crippen molar-refractivity contribution >= 4 is 45.2 Å². The third-order valence-electron chi connectivity index (χ3n) is 10.9. The summed E-state index contributed by atoms with van der Waals surface area (Å²) in [5.41, 5.74) is 17.0. The Morgan fingerprint density at radius 2 is 1.80 bits per heavy atom. The van der Waals surface area contributed by atoms with E-state index < -0.39 is 5.34 Å². The molecule has 0 aromatic carbocycles. The molecule has 4 radical (unpaired) electrons. The first kappa shape index (κ1) is 40.5. The molecule has 292 valence electrons. The Kier molecular flexibility index (Phi) is 12.5. The molecule has 3 aliphatic heterocycles. The normalized spacial score (nSPS) is 20.1. The minimum atomic E-state index is -1.35. The number of aliphatic hydroxyl groups excluding tert-OH is 1. The van der Waals surface area contributed by atoms with E-state index in [4.69, 9.17) is 32.3 Å². The lowest BCUT2D eigenvalue weighted by Crippen LogP contribution is -2.60. The lowest BCUT2D eigenvalue weighted by molar-refractivity contribution is -0.108. The van der Waals surface area contributed by atoms with Crippen molar-refractivity contribution in [2.75, 3.05) is 57.5 Å². The third kappa shape index (κ3) is 8.78. The van der Waals surface area contributed by atoms with Gasteiger partial charge in [0.25, 0.3) is 5.91 Å². The van der Waals surface area contributed by atoms with Crippen LogP contribution in [0.4, 0.5) is 11.5 Å². The molecule has 56 heavy (non-hydrogen) atoms. The first-order valence-corrected chi connectivity index (χ1v) is 19.2. The third-order valence-corrected chi connectivity index (χ3v) is 10.9. The molecular weight excluding hydrogens is 706 g/mol. The van der Waals surface area contributed by atoms with Crippen LogP contribution in [0.1, 0.15) is 79.4 Å². The van der Waals surface area contributed by atoms with E-state index in [0.29, 0.717) is 41.9 Å². The number of carbonyl (C=O) groups is 2. The number of hydrogen-bond donors (Lipinski definition) is 5. The van der Waals surface area contributed by atoms with Crippen LogP contribution in [0.3, 0.4) is 0 Å². The number of carbonyl (C=O) groups excluding carboxylic acids is 2. The maximum absolute atomic E-state index is 13.0. The average molecular weight is 759 g/mol. The highest BCUT2D eigenvalue weighted by Gasteiger charge is 2.42. The summed E-state index contributed by atoms with van der Waals surface area (Å²) in [6.07, 6.45) is 14.0. The summed E-state index contributed by atoms with van der Waals surface area (Å²) in [5, 5.41) is 19.4. The number of amidine groups is 1. The number of aromatic nitrogens is 4. The maximum atomic E-state index is 13.0. The Balaban J connectivity index is 0.000000462. The molecule has 0 spiro atoms. The fourth-order valence-corrected chi connectivity index (χ4v) is 6.92. The molecule has 3 aromatic rings. The molecule has 1 atom stereocenters. The largest absolute Gasteiger partial charge is 0.513 e. The maximum Gasteiger partial charge on any atom is 0.272 e. The summed E-state index contributed by atoms with van der Waals surface area (Å²) in [7, 11) is 18.9. The molecule has 15 nitrogen and oxygen atoms in total. The summed E-state index contributed by atoms with van der Waals surface area (Å²) in [4.78, 5) is 41.6. The number of nitrogens with one attached hydrogen (secondary N) is 2. The molecule has 4 fully saturated rings. The second-order valence-electron chi connectivity index (χ2n) is 15.0. The van der Waals surface area contributed by atoms with Gasteiger partial charge in [-0.2, -0.15) is 5.10 Å². The summed E-state index contributed by atoms with van der Waals surface area (Å²) in [6, 6.07) is 8.06. The molecule has 0 bridgehead atoms. The topological polar surface area (TPSA) is 196 Å². The molecule has 5 aliphatic rings. The Hall–Kier alpha value is -5.15. The number of aliphatic hydroxyl groups is 1. The van der Waals surface area contributed by atoms with Gasteiger partial charge in [-0.3, -0.25) is 14.5 Å². The number of aldehydes is 1. The van der Waals surface area contributed by atoms with Crippen LogP contribution in [0.5, 0.6) is 0 Å². The van der Waals surface area contributed by atoms with Crippen LogP contribution >= 0.6 is 0 Å². The summed E-state index contributed by atoms with van der Waals surface area (Å²) in [6.45, 7) is 4.71. The number of anilines is 2. The summed E-state index contributed by atoms with van der Waals surface area (Å²) < 4.78 is 2.05. The smallest absolute Gasteiger partial charge is 0.272 e. The zero-order chi connectivity index (χ0) is 40.1. The second-order valence-corrected chi connectivity index (χ2v) is 15.0. The lowest BCUT2D eigenvalue weighted by atomic mass is 9.57. The highest BCUT2D eigenvalue weighted by Crippen LogP contribution is 2.48. The number of aliphatic imine (C=N–C) groups is 1. The highest BCUT2D eigenvalue weighted by atomic mass is 16.2. The van der Waals surface area contributed by atoms with Crippen LogP contribution in [0, 0.1) is 5.92 Å². The molecule has 2 saturated heterocycles. The lowest BCUT2D eigenvalue weighted by Gasteiger charge is -2.50. The van der Waals surface area contributed by atoms with E-state index in [1.165, 1.54) is 18.9 Å². The van der Waals surface area contributed by atoms with E-state index in [2.05, 4.69) is 42.1 Å². The monoisotopic (exact) mass is 758 g/mol. The fourth-order valence-electron chi connectivity index (χ4n) is 6.92. The van der Waals surface area contributed by atoms with Crippen molar-refractivity contribution in [2.24, 2.45) is 22.4 Å². The molecule has 2 aliphatic carbocycles. The van der Waals surface area contributed by atoms with E-state index in [1.54, 1.807) is 31.4 Å². The van der Waals surface area contributed by atoms with Gasteiger partial charge < -0.3 is 46.7 Å². The van der Waals surface area contributed by atoms with E-state index in [9.17, 15) is 14.7 Å². The number of fused-ring (bicyclic) bond motifs is 3. The fraction of sp³-hybridized carbons (Fsp3) is 0.487. The van der Waals surface area contributed by atoms with Gasteiger partial charge in [-0.1, -0.05) is 6.07 Å². The van der Waals surface area contributed by atoms with Crippen molar-refractivity contribution in [2.45, 2.75) is 68.9 Å². The van der Waals surface area contributed by atoms with Gasteiger partial charge in [-0.15, -0.1) is 0 Å². The zero-order valence-electron chi connectivity index (χ0n) is 32.7. The SMILES string of the molecule is CNC1CC1.O=CC1CC1.[B]C([B])(c1cccc(C(=O)N2CCCC2)n1)N1CC(n2ncc3c2C(C)N(C)c2c-3ccnc2NC(=C/C(N)=NC)/C(N)=C\O)C1. The van der Waals surface area contributed by atoms with Gasteiger partial charge in [-0.05, 0) is 76.0 Å². The molecule has 1 unspecified atom stereocenters. The van der Waals surface area contributed by atoms with Crippen LogP contribution in [0.2, 0.25) is 0 Å². The van der Waals surface area contributed by atoms with Gasteiger partial charge >= 0.3 is 0 Å². The zero-order valence-corrected chi connectivity index (χ0v) is 32.7. The summed E-state index contributed by atoms with van der Waals surface area (Å²) >= 11 is 0. The van der Waals surface area contributed by atoms with E-state index in [0.717, 1.165) is 79.9 Å². The molecule has 7 N–H and O–H groups in total. The Morgan fingerprint density at radius 1 is 1.09 bits per heavy atom. The quantitative estimate of drug-likeness (QED) is 0.0508. The van der Waals surface area contributed by atoms with Gasteiger partial charge in [-0.25, -0.2) is 9.97 Å². The van der Waals surface area contributed by atoms with E-state index >= 15 is 0 Å². The Bertz CT molecular complexity index is 1980. The van der Waals surface area contributed by atoms with Gasteiger partial charge in [0, 0.05) is 81.3 Å². The molecule has 2 saturated carbocycles. The number of hydrogen-bond acceptors (Lipinski definition) is 12. The summed E-state index contributed by atoms with van der Waals surface area (Å²) in [5.74, 6) is 1.13. The van der Waals surface area contributed by atoms with E-state index in [1.807, 2.05) is 36.2 Å². The molecule has 1 amide bonds. The van der Waals surface area contributed by atoms with Crippen molar-refractivity contribution < 1.29 is 14.7 Å². The molecule has 17 heteroatoms. The van der Waals surface area contributed by atoms with Crippen LogP contribution in [0.15, 0.2) is 65.4 Å². The van der Waals surface area contributed by atoms with Crippen molar-refractivity contribution in [3.8, 4) is 11.1 Å². The minimum absolute atomic E-state index is 0.0294. The van der Waals surface area contributed by atoms with Crippen molar-refractivity contribution in [1.82, 2.24) is 34.9 Å². The Morgan fingerprint density at radius 3 is 2.38 bits per heavy atom. The Labute approximate surface area is 331 Å². The van der Waals surface area contributed by atoms with Crippen molar-refractivity contribution in [3.63, 3.8) is 0 Å². The number of likely N-dealkylation sites (tertiary alicyclic amines) is 2. The van der Waals surface area contributed by atoms with Gasteiger partial charge in [0.2, 0.25) is 0 Å². The molecule has 8 rings (SSSR count). The van der Waals surface area contributed by atoms with Gasteiger partial charge in [0.15, 0.2) is 5.82 Å². The van der Waals surface area contributed by atoms with Gasteiger partial charge in [0.1, 0.15) is 24.1 Å². The van der Waals surface area contributed by atoms with Crippen LogP contribution in [0.25, 0.3) is 11.1 Å². The molecular formula is C39H52B2N12O3. The van der Waals surface area contributed by atoms with Crippen molar-refractivity contribution in [1.29, 1.82) is 0 Å². The number of nitrogens with zero attached hydrogens (tertiary/aromatic N) is 8. The highest BCUT2D eigenvalue weighted by molar-refractivity contribution is 6.39. The van der Waals surface area contributed by atoms with Crippen LogP contribution < -0.4 is 27.0 Å². The average Bonchev–Trinajstić information content (AvgIpc) is 4.12. The van der Waals surface area contributed by atoms with E-state index in [-0.39, 0.29) is 29.5 Å². The second kappa shape index (κ2) is 17.3. The number of rotatable bonds is 10. The molecule has 3 aromatic heterocycles.